The molecule has 4 heterocycles. The molecule has 348 valence electrons. The van der Waals surface area contributed by atoms with Crippen molar-refractivity contribution in [1.82, 2.24) is 24.5 Å². The maximum absolute atomic E-state index is 14.1. The molecule has 0 radical (unpaired) electrons. The first-order chi connectivity index (χ1) is 31.8. The zero-order chi connectivity index (χ0) is 46.0. The Bertz CT molecular complexity index is 2720. The van der Waals surface area contributed by atoms with E-state index in [0.29, 0.717) is 24.9 Å². The van der Waals surface area contributed by atoms with Gasteiger partial charge >= 0.3 is 0 Å². The van der Waals surface area contributed by atoms with E-state index in [1.165, 1.54) is 28.8 Å². The molecule has 3 N–H and O–H groups in total. The quantitative estimate of drug-likeness (QED) is 0.0762. The Kier molecular flexibility index (Phi) is 13.4. The van der Waals surface area contributed by atoms with E-state index in [9.17, 15) is 23.3 Å². The number of nitro benzene ring substituents is 1. The minimum atomic E-state index is -4.58. The third kappa shape index (κ3) is 10.4. The number of carbonyl (C=O) groups is 1. The average Bonchev–Trinajstić information content (AvgIpc) is 3.81. The fourth-order valence-corrected chi connectivity index (χ4v) is 10.9. The number of amides is 1. The van der Waals surface area contributed by atoms with E-state index in [2.05, 4.69) is 55.8 Å². The molecule has 3 aliphatic heterocycles. The van der Waals surface area contributed by atoms with E-state index in [4.69, 9.17) is 21.1 Å². The minimum absolute atomic E-state index is 0.0105. The average molecular weight is 938 g/mol. The normalized spacial score (nSPS) is 19.2. The van der Waals surface area contributed by atoms with Crippen molar-refractivity contribution in [3.05, 3.63) is 123 Å². The number of rotatable bonds is 13. The summed E-state index contributed by atoms with van der Waals surface area (Å²) in [7, 11) is -4.58. The molecule has 3 saturated heterocycles. The summed E-state index contributed by atoms with van der Waals surface area (Å²) < 4.78 is 41.9. The molecule has 9 rings (SSSR count). The number of halogens is 1. The topological polar surface area (TPSA) is 166 Å². The molecule has 0 saturated carbocycles. The molecule has 1 aliphatic carbocycles. The fraction of sp³-hybridized carbons (Fsp3) is 0.408. The number of nitro groups is 1. The Labute approximate surface area is 390 Å². The molecule has 4 aliphatic rings. The van der Waals surface area contributed by atoms with Crippen LogP contribution in [0, 0.1) is 15.5 Å². The maximum Gasteiger partial charge on any atom is 0.295 e. The number of aromatic amines is 1. The van der Waals surface area contributed by atoms with Crippen molar-refractivity contribution < 1.29 is 27.6 Å². The van der Waals surface area contributed by atoms with Gasteiger partial charge < -0.3 is 24.8 Å². The third-order valence-electron chi connectivity index (χ3n) is 13.5. The van der Waals surface area contributed by atoms with Crippen molar-refractivity contribution in [3.63, 3.8) is 0 Å². The summed E-state index contributed by atoms with van der Waals surface area (Å²) in [5.41, 5.74) is 8.89. The van der Waals surface area contributed by atoms with Crippen LogP contribution in [0.3, 0.4) is 0 Å². The standard InChI is InChI=1S/C49H57ClN8O7S/c1-49(2)18-14-35(42(32-49)34-6-8-36(50)9-7-34)33-54-22-24-55(25-23-54)38-10-12-41(47(30-38)65-46-5-3-4-43-40(46)15-19-51-43)48(59)53-66(62,63)39-11-13-44(45(31-39)58(60)61)52-57-20-16-37(17-21-57)56-26-28-64-29-27-56/h3-13,15,19,30-31,37,51-52H,14,16-18,20-29,32-33H2,1-2H3,(H,53,59). The number of sulfonamides is 1. The lowest BCUT2D eigenvalue weighted by molar-refractivity contribution is -0.384. The number of hydrogen-bond acceptors (Lipinski definition) is 12. The first-order valence-electron chi connectivity index (χ1n) is 22.8. The Balaban J connectivity index is 0.910. The second kappa shape index (κ2) is 19.4. The van der Waals surface area contributed by atoms with Gasteiger partial charge in [-0.2, -0.15) is 0 Å². The number of hydrogen-bond donors (Lipinski definition) is 3. The summed E-state index contributed by atoms with van der Waals surface area (Å²) in [5.74, 6) is -0.282. The Morgan fingerprint density at radius 2 is 1.68 bits per heavy atom. The zero-order valence-electron chi connectivity index (χ0n) is 37.4. The van der Waals surface area contributed by atoms with Crippen LogP contribution < -0.4 is 19.8 Å². The van der Waals surface area contributed by atoms with Crippen LogP contribution in [0.4, 0.5) is 17.1 Å². The zero-order valence-corrected chi connectivity index (χ0v) is 39.0. The number of nitrogens with zero attached hydrogens (tertiary/aromatic N) is 5. The molecule has 0 atom stereocenters. The molecule has 66 heavy (non-hydrogen) atoms. The number of piperazine rings is 1. The Morgan fingerprint density at radius 1 is 0.924 bits per heavy atom. The number of H-pyrrole nitrogens is 1. The highest BCUT2D eigenvalue weighted by atomic mass is 35.5. The smallest absolute Gasteiger partial charge is 0.295 e. The maximum atomic E-state index is 14.1. The van der Waals surface area contributed by atoms with Crippen molar-refractivity contribution in [2.45, 2.75) is 56.9 Å². The summed E-state index contributed by atoms with van der Waals surface area (Å²) in [6.45, 7) is 13.2. The molecule has 17 heteroatoms. The lowest BCUT2D eigenvalue weighted by Crippen LogP contribution is -2.50. The second-order valence-electron chi connectivity index (χ2n) is 18.5. The largest absolute Gasteiger partial charge is 0.456 e. The van der Waals surface area contributed by atoms with Crippen LogP contribution in [0.25, 0.3) is 16.5 Å². The highest BCUT2D eigenvalue weighted by Gasteiger charge is 2.32. The van der Waals surface area contributed by atoms with Gasteiger partial charge in [-0.1, -0.05) is 49.2 Å². The molecular formula is C49H57ClN8O7S. The molecular weight excluding hydrogens is 880 g/mol. The van der Waals surface area contributed by atoms with E-state index >= 15 is 0 Å². The van der Waals surface area contributed by atoms with Crippen LogP contribution in [0.1, 0.15) is 61.9 Å². The van der Waals surface area contributed by atoms with Gasteiger partial charge in [0.05, 0.1) is 28.6 Å². The van der Waals surface area contributed by atoms with Gasteiger partial charge in [0.2, 0.25) is 0 Å². The van der Waals surface area contributed by atoms with Crippen molar-refractivity contribution >= 4 is 61.1 Å². The highest BCUT2D eigenvalue weighted by Crippen LogP contribution is 2.44. The lowest BCUT2D eigenvalue weighted by Gasteiger charge is -2.40. The van der Waals surface area contributed by atoms with Gasteiger partial charge in [0, 0.05) is 105 Å². The van der Waals surface area contributed by atoms with Gasteiger partial charge in [0.1, 0.15) is 17.2 Å². The van der Waals surface area contributed by atoms with E-state index in [1.807, 2.05) is 35.3 Å². The SMILES string of the molecule is CC1(C)CCC(CN2CCN(c3ccc(C(=O)NS(=O)(=O)c4ccc(NN5CCC(N6CCOCC6)CC5)c([N+](=O)[O-])c4)c(Oc4cccc5[nH]ccc45)c3)CC2)=C(c2ccc(Cl)cc2)C1. The third-order valence-corrected chi connectivity index (χ3v) is 15.1. The van der Waals surface area contributed by atoms with Crippen LogP contribution in [-0.2, 0) is 14.8 Å². The summed E-state index contributed by atoms with van der Waals surface area (Å²) in [5, 5.41) is 15.8. The number of nitrogens with one attached hydrogen (secondary N) is 3. The Hall–Kier alpha value is -5.49. The molecule has 0 bridgehead atoms. The number of morpholine rings is 1. The van der Waals surface area contributed by atoms with Crippen molar-refractivity contribution in [2.24, 2.45) is 5.41 Å². The second-order valence-corrected chi connectivity index (χ2v) is 20.6. The molecule has 1 aromatic heterocycles. The Morgan fingerprint density at radius 3 is 2.42 bits per heavy atom. The summed E-state index contributed by atoms with van der Waals surface area (Å²) >= 11 is 6.26. The molecule has 1 amide bonds. The van der Waals surface area contributed by atoms with Crippen LogP contribution in [0.5, 0.6) is 11.5 Å². The highest BCUT2D eigenvalue weighted by molar-refractivity contribution is 7.90. The fourth-order valence-electron chi connectivity index (χ4n) is 9.76. The number of anilines is 2. The van der Waals surface area contributed by atoms with Crippen molar-refractivity contribution in [3.8, 4) is 11.5 Å². The molecule has 5 aromatic rings. The molecule has 4 aromatic carbocycles. The minimum Gasteiger partial charge on any atom is -0.456 e. The predicted molar refractivity (Wildman–Crippen MR) is 258 cm³/mol. The number of hydrazine groups is 1. The van der Waals surface area contributed by atoms with Crippen molar-refractivity contribution in [1.29, 1.82) is 0 Å². The number of allylic oxidation sites excluding steroid dienone is 1. The number of benzene rings is 4. The molecule has 0 spiro atoms. The van der Waals surface area contributed by atoms with Crippen LogP contribution in [0.15, 0.2) is 102 Å². The number of fused-ring (bicyclic) bond motifs is 1. The van der Waals surface area contributed by atoms with E-state index in [0.717, 1.165) is 119 Å². The number of piperidine rings is 1. The summed E-state index contributed by atoms with van der Waals surface area (Å²) in [4.78, 5) is 35.7. The van der Waals surface area contributed by atoms with E-state index < -0.39 is 31.4 Å². The lowest BCUT2D eigenvalue weighted by atomic mass is 9.72. The first kappa shape index (κ1) is 45.7. The van der Waals surface area contributed by atoms with Crippen molar-refractivity contribution in [2.75, 3.05) is 82.4 Å². The summed E-state index contributed by atoms with van der Waals surface area (Å²) in [6, 6.07) is 24.8. The van der Waals surface area contributed by atoms with Crippen LogP contribution in [-0.4, -0.2) is 117 Å². The first-order valence-corrected chi connectivity index (χ1v) is 24.7. The number of aromatic nitrogens is 1. The molecule has 0 unspecified atom stereocenters. The van der Waals surface area contributed by atoms with Gasteiger partial charge in [-0.3, -0.25) is 24.7 Å². The number of carbonyl (C=O) groups excluding carboxylic acids is 1. The van der Waals surface area contributed by atoms with E-state index in [-0.39, 0.29) is 22.4 Å². The van der Waals surface area contributed by atoms with Gasteiger partial charge in [-0.25, -0.2) is 18.1 Å². The molecule has 15 nitrogen and oxygen atoms in total. The van der Waals surface area contributed by atoms with Gasteiger partial charge in [0.25, 0.3) is 21.6 Å². The predicted octanol–water partition coefficient (Wildman–Crippen LogP) is 8.55. The monoisotopic (exact) mass is 936 g/mol. The number of ether oxygens (including phenoxy) is 2. The molecule has 3 fully saturated rings. The summed E-state index contributed by atoms with van der Waals surface area (Å²) in [6.07, 6.45) is 6.77. The van der Waals surface area contributed by atoms with Crippen LogP contribution in [0.2, 0.25) is 5.02 Å². The van der Waals surface area contributed by atoms with E-state index in [1.54, 1.807) is 30.5 Å². The van der Waals surface area contributed by atoms with Crippen LogP contribution >= 0.6 is 11.6 Å². The van der Waals surface area contributed by atoms with Gasteiger partial charge in [0.15, 0.2) is 0 Å². The van der Waals surface area contributed by atoms with Gasteiger partial charge in [-0.15, -0.1) is 0 Å². The van der Waals surface area contributed by atoms with Gasteiger partial charge in [-0.05, 0) is 103 Å².